The van der Waals surface area contributed by atoms with Crippen LogP contribution < -0.4 is 15.4 Å². The lowest BCUT2D eigenvalue weighted by molar-refractivity contribution is -0.153. The first-order valence-corrected chi connectivity index (χ1v) is 20.6. The second-order valence-corrected chi connectivity index (χ2v) is 15.1. The van der Waals surface area contributed by atoms with Gasteiger partial charge in [-0.05, 0) is 40.0 Å². The molecule has 16 heteroatoms. The van der Waals surface area contributed by atoms with Crippen molar-refractivity contribution in [2.45, 2.75) is 23.6 Å². The molecule has 286 valence electrons. The number of rotatable bonds is 15. The Balaban J connectivity index is 1.11. The van der Waals surface area contributed by atoms with E-state index in [1.807, 2.05) is 91.0 Å². The van der Waals surface area contributed by atoms with Crippen molar-refractivity contribution in [3.8, 4) is 5.75 Å². The number of aromatic nitrogens is 2. The van der Waals surface area contributed by atoms with Crippen LogP contribution in [0, 0.1) is 0 Å². The minimum absolute atomic E-state index is 0.00406. The van der Waals surface area contributed by atoms with Gasteiger partial charge < -0.3 is 24.9 Å². The molecule has 0 aliphatic carbocycles. The van der Waals surface area contributed by atoms with Crippen molar-refractivity contribution in [3.63, 3.8) is 0 Å². The highest BCUT2D eigenvalue weighted by Crippen LogP contribution is 2.42. The quantitative estimate of drug-likeness (QED) is 0.0230. The van der Waals surface area contributed by atoms with Gasteiger partial charge in [0.25, 0.3) is 18.7 Å². The average molecular weight is 905 g/mol. The normalized spacial score (nSPS) is 16.7. The third-order valence-electron chi connectivity index (χ3n) is 9.19. The van der Waals surface area contributed by atoms with Gasteiger partial charge in [-0.2, -0.15) is 9.36 Å². The number of anilines is 1. The zero-order valence-electron chi connectivity index (χ0n) is 29.8. The van der Waals surface area contributed by atoms with E-state index in [-0.39, 0.29) is 18.1 Å². The van der Waals surface area contributed by atoms with Crippen molar-refractivity contribution in [1.29, 1.82) is 0 Å². The average Bonchev–Trinajstić information content (AvgIpc) is 3.72. The fraction of sp³-hybridized carbons (Fsp3) is 0.200. The molecule has 0 radical (unpaired) electrons. The highest BCUT2D eigenvalue weighted by Gasteiger charge is 2.54. The maximum atomic E-state index is 13.8. The number of carbonyl (C=O) groups is 3. The number of nitrogens with one attached hydrogen (secondary N) is 2. The Hall–Kier alpha value is -5.33. The van der Waals surface area contributed by atoms with E-state index in [2.05, 4.69) is 47.7 Å². The summed E-state index contributed by atoms with van der Waals surface area (Å²) >= 11 is 4.53. The van der Waals surface area contributed by atoms with Crippen LogP contribution in [-0.2, 0) is 36.1 Å². The van der Waals surface area contributed by atoms with Crippen LogP contribution in [0.5, 0.6) is 5.75 Å². The van der Waals surface area contributed by atoms with E-state index in [1.165, 1.54) is 16.7 Å². The number of methoxy groups -OCH3 is 1. The highest BCUT2D eigenvalue weighted by molar-refractivity contribution is 14.1. The number of carbonyl (C=O) groups excluding carboxylic acids is 3. The third kappa shape index (κ3) is 7.85. The second kappa shape index (κ2) is 17.6. The number of nitrogens with zero attached hydrogens (tertiary/aromatic N) is 4. The van der Waals surface area contributed by atoms with Crippen LogP contribution in [0.2, 0.25) is 0 Å². The molecule has 1 fully saturated rings. The fourth-order valence-electron chi connectivity index (χ4n) is 6.51. The Kier molecular flexibility index (Phi) is 12.3. The number of hydrogen-bond donors (Lipinski definition) is 2. The Morgan fingerprint density at radius 2 is 1.55 bits per heavy atom. The Labute approximate surface area is 343 Å². The Bertz CT molecular complexity index is 2150. The van der Waals surface area contributed by atoms with E-state index in [0.717, 1.165) is 39.4 Å². The first-order valence-electron chi connectivity index (χ1n) is 17.3. The summed E-state index contributed by atoms with van der Waals surface area (Å²) in [6, 6.07) is 35.7. The van der Waals surface area contributed by atoms with Gasteiger partial charge in [0.2, 0.25) is 16.7 Å². The molecule has 5 aromatic rings. The van der Waals surface area contributed by atoms with Gasteiger partial charge in [0, 0.05) is 21.7 Å². The van der Waals surface area contributed by atoms with Crippen molar-refractivity contribution in [3.05, 3.63) is 155 Å². The molecule has 7 rings (SSSR count). The molecule has 1 aromatic heterocycles. The first kappa shape index (κ1) is 38.9. The zero-order valence-corrected chi connectivity index (χ0v) is 33.6. The molecular formula is C40H34FIN6O6S2. The van der Waals surface area contributed by atoms with E-state index in [4.69, 9.17) is 14.3 Å². The minimum Gasteiger partial charge on any atom is -0.497 e. The number of halogens is 2. The van der Waals surface area contributed by atoms with Crippen molar-refractivity contribution >= 4 is 74.5 Å². The van der Waals surface area contributed by atoms with Gasteiger partial charge in [-0.1, -0.05) is 131 Å². The van der Waals surface area contributed by atoms with Gasteiger partial charge in [0.15, 0.2) is 0 Å². The highest BCUT2D eigenvalue weighted by atomic mass is 127. The number of β-lactam (4-membered cyclic amide) rings is 1. The summed E-state index contributed by atoms with van der Waals surface area (Å²) in [5.74, 6) is -1.02. The minimum atomic E-state index is -1.31. The Morgan fingerprint density at radius 1 is 0.946 bits per heavy atom. The van der Waals surface area contributed by atoms with Gasteiger partial charge in [-0.15, -0.1) is 11.8 Å². The summed E-state index contributed by atoms with van der Waals surface area (Å²) < 4.78 is 29.0. The number of hydrogen-bond acceptors (Lipinski definition) is 12. The summed E-state index contributed by atoms with van der Waals surface area (Å²) in [6.45, 7) is -1.32. The third-order valence-corrected chi connectivity index (χ3v) is 12.1. The number of benzene rings is 4. The number of fused-ring (bicyclic) bond motifs is 1. The monoisotopic (exact) mass is 904 g/mol. The predicted molar refractivity (Wildman–Crippen MR) is 220 cm³/mol. The van der Waals surface area contributed by atoms with Crippen molar-refractivity contribution in [1.82, 2.24) is 19.6 Å². The van der Waals surface area contributed by atoms with Gasteiger partial charge in [0.05, 0.1) is 7.11 Å². The molecule has 1 saturated heterocycles. The number of oxime groups is 1. The molecule has 0 spiro atoms. The number of alkyl halides is 2. The maximum Gasteiger partial charge on any atom is 0.355 e. The topological polar surface area (TPSA) is 144 Å². The molecule has 0 unspecified atom stereocenters. The molecule has 2 N–H and O–H groups in total. The van der Waals surface area contributed by atoms with Gasteiger partial charge in [0.1, 0.15) is 35.0 Å². The largest absolute Gasteiger partial charge is 0.497 e. The summed E-state index contributed by atoms with van der Waals surface area (Å²) in [6.07, 6.45) is 0. The van der Waals surface area contributed by atoms with Crippen LogP contribution in [-0.4, -0.2) is 73.3 Å². The number of amides is 2. The number of esters is 1. The fourth-order valence-corrected chi connectivity index (χ4v) is 9.48. The molecule has 2 atom stereocenters. The summed E-state index contributed by atoms with van der Waals surface area (Å²) in [5, 5.41) is 9.75. The summed E-state index contributed by atoms with van der Waals surface area (Å²) in [4.78, 5) is 51.6. The van der Waals surface area contributed by atoms with Crippen molar-refractivity contribution < 1.29 is 33.1 Å². The van der Waals surface area contributed by atoms with Gasteiger partial charge in [-0.3, -0.25) is 14.5 Å². The molecule has 4 aromatic carbocycles. The standard InChI is InChI=1S/C40H34FIN6O6S2/c1-52-30-19-17-25(18-20-30)22-53-38(51)33-26(21-42)23-55-37-32(36(50)48(33)37)43-35(49)31(46-54-24-41)34-44-39(56-47-34)45-40(27-11-5-2-6-12-27,28-13-7-3-8-14-28)29-15-9-4-10-16-29/h2-20,32,37H,21-24H2,1H3,(H,43,49)(H,44,45,47)/b46-31-/t32-,37-/m1/s1. The lowest BCUT2D eigenvalue weighted by Crippen LogP contribution is -2.71. The number of ether oxygens (including phenoxy) is 2. The lowest BCUT2D eigenvalue weighted by atomic mass is 9.77. The Morgan fingerprint density at radius 3 is 2.11 bits per heavy atom. The molecule has 56 heavy (non-hydrogen) atoms. The van der Waals surface area contributed by atoms with E-state index in [9.17, 15) is 18.8 Å². The summed E-state index contributed by atoms with van der Waals surface area (Å²) in [7, 11) is 1.56. The molecule has 2 amide bonds. The van der Waals surface area contributed by atoms with Crippen LogP contribution in [0.25, 0.3) is 0 Å². The molecule has 2 aliphatic heterocycles. The first-order chi connectivity index (χ1) is 27.4. The molecule has 0 bridgehead atoms. The maximum absolute atomic E-state index is 13.8. The van der Waals surface area contributed by atoms with Crippen LogP contribution in [0.15, 0.2) is 132 Å². The smallest absolute Gasteiger partial charge is 0.355 e. The molecule has 3 heterocycles. The molecule has 12 nitrogen and oxygen atoms in total. The van der Waals surface area contributed by atoms with Crippen LogP contribution in [0.3, 0.4) is 0 Å². The van der Waals surface area contributed by atoms with Gasteiger partial charge >= 0.3 is 5.97 Å². The van der Waals surface area contributed by atoms with Crippen molar-refractivity contribution in [2.24, 2.45) is 5.16 Å². The molecule has 0 saturated carbocycles. The van der Waals surface area contributed by atoms with E-state index >= 15 is 0 Å². The predicted octanol–water partition coefficient (Wildman–Crippen LogP) is 6.43. The zero-order chi connectivity index (χ0) is 39.1. The van der Waals surface area contributed by atoms with Crippen molar-refractivity contribution in [2.75, 3.05) is 29.5 Å². The molecular weight excluding hydrogens is 871 g/mol. The lowest BCUT2D eigenvalue weighted by Gasteiger charge is -2.49. The van der Waals surface area contributed by atoms with Crippen LogP contribution in [0.4, 0.5) is 9.52 Å². The molecule has 2 aliphatic rings. The van der Waals surface area contributed by atoms with Crippen LogP contribution >= 0.6 is 45.9 Å². The van der Waals surface area contributed by atoms with Crippen LogP contribution in [0.1, 0.15) is 28.1 Å². The van der Waals surface area contributed by atoms with E-state index in [1.54, 1.807) is 31.4 Å². The second-order valence-electron chi connectivity index (χ2n) is 12.4. The summed E-state index contributed by atoms with van der Waals surface area (Å²) in [5.41, 5.74) is 3.05. The SMILES string of the molecule is COc1ccc(COC(=O)C2=C(CI)CS[C@@H]3[C@H](NC(=O)/C(=N\OCF)c4nsc(NC(c5ccccc5)(c5ccccc5)c5ccccc5)n4)C(=O)N23)cc1. The number of thioether (sulfide) groups is 1. The van der Waals surface area contributed by atoms with E-state index in [0.29, 0.717) is 21.1 Å². The van der Waals surface area contributed by atoms with Gasteiger partial charge in [-0.25, -0.2) is 9.18 Å². The van der Waals surface area contributed by atoms with E-state index < -0.39 is 47.3 Å².